The van der Waals surface area contributed by atoms with Crippen LogP contribution in [0.15, 0.2) is 48.5 Å². The number of non-ortho nitro benzene ring substituents is 1. The molecule has 0 spiro atoms. The topological polar surface area (TPSA) is 63.5 Å². The number of rotatable bonds is 4. The first-order valence-electron chi connectivity index (χ1n) is 6.88. The molecule has 1 amide bonds. The van der Waals surface area contributed by atoms with Gasteiger partial charge in [0, 0.05) is 22.8 Å². The molecule has 1 saturated heterocycles. The van der Waals surface area contributed by atoms with E-state index in [4.69, 9.17) is 11.6 Å². The molecule has 3 rings (SSSR count). The van der Waals surface area contributed by atoms with Crippen LogP contribution >= 0.6 is 23.4 Å². The highest BCUT2D eigenvalue weighted by atomic mass is 35.5. The molecule has 0 N–H and O–H groups in total. The van der Waals surface area contributed by atoms with E-state index in [1.807, 2.05) is 6.26 Å². The van der Waals surface area contributed by atoms with Crippen molar-refractivity contribution >= 4 is 40.6 Å². The van der Waals surface area contributed by atoms with Gasteiger partial charge in [0.15, 0.2) is 0 Å². The molecule has 0 saturated carbocycles. The van der Waals surface area contributed by atoms with Crippen LogP contribution in [0.25, 0.3) is 0 Å². The molecule has 7 heteroatoms. The number of nitro groups is 1. The first kappa shape index (κ1) is 15.8. The van der Waals surface area contributed by atoms with Crippen LogP contribution in [0.4, 0.5) is 11.4 Å². The van der Waals surface area contributed by atoms with Gasteiger partial charge >= 0.3 is 0 Å². The van der Waals surface area contributed by atoms with Crippen molar-refractivity contribution in [3.63, 3.8) is 0 Å². The number of nitro benzene ring substituents is 1. The minimum atomic E-state index is -0.432. The fourth-order valence-electron chi connectivity index (χ4n) is 2.70. The van der Waals surface area contributed by atoms with Crippen LogP contribution in [0.5, 0.6) is 0 Å². The Morgan fingerprint density at radius 2 is 1.74 bits per heavy atom. The highest BCUT2D eigenvalue weighted by molar-refractivity contribution is 8.00. The van der Waals surface area contributed by atoms with E-state index in [-0.39, 0.29) is 22.9 Å². The third-order valence-corrected chi connectivity index (χ3v) is 5.07. The zero-order chi connectivity index (χ0) is 16.6. The zero-order valence-corrected chi connectivity index (χ0v) is 13.8. The Morgan fingerprint density at radius 1 is 1.13 bits per heavy atom. The Morgan fingerprint density at radius 3 is 2.26 bits per heavy atom. The van der Waals surface area contributed by atoms with Crippen molar-refractivity contribution in [2.75, 3.05) is 11.2 Å². The molecule has 1 aliphatic heterocycles. The Labute approximate surface area is 142 Å². The average molecular weight is 349 g/mol. The molecule has 23 heavy (non-hydrogen) atoms. The van der Waals surface area contributed by atoms with Crippen molar-refractivity contribution in [2.45, 2.75) is 11.3 Å². The van der Waals surface area contributed by atoms with E-state index < -0.39 is 4.92 Å². The first-order chi connectivity index (χ1) is 11.0. The van der Waals surface area contributed by atoms with Crippen LogP contribution < -0.4 is 4.90 Å². The lowest BCUT2D eigenvalue weighted by molar-refractivity contribution is -0.384. The smallest absolute Gasteiger partial charge is 0.269 e. The predicted octanol–water partition coefficient (Wildman–Crippen LogP) is 4.07. The molecular weight excluding hydrogens is 336 g/mol. The maximum atomic E-state index is 12.4. The Kier molecular flexibility index (Phi) is 4.28. The van der Waals surface area contributed by atoms with Gasteiger partial charge in [-0.2, -0.15) is 0 Å². The summed E-state index contributed by atoms with van der Waals surface area (Å²) in [5, 5.41) is 11.2. The van der Waals surface area contributed by atoms with Gasteiger partial charge in [-0.25, -0.2) is 0 Å². The van der Waals surface area contributed by atoms with Gasteiger partial charge in [0.05, 0.1) is 11.0 Å². The van der Waals surface area contributed by atoms with Gasteiger partial charge < -0.3 is 4.90 Å². The van der Waals surface area contributed by atoms with Gasteiger partial charge in [0.25, 0.3) is 5.69 Å². The first-order valence-corrected chi connectivity index (χ1v) is 8.55. The molecule has 118 valence electrons. The maximum absolute atomic E-state index is 12.4. The highest BCUT2D eigenvalue weighted by Gasteiger charge is 2.48. The number of amides is 1. The molecule has 0 radical (unpaired) electrons. The number of hydrogen-bond donors (Lipinski definition) is 0. The van der Waals surface area contributed by atoms with Crippen LogP contribution in [0.1, 0.15) is 11.6 Å². The molecule has 0 aliphatic carbocycles. The highest BCUT2D eigenvalue weighted by Crippen LogP contribution is 2.44. The molecule has 0 aromatic heterocycles. The number of thioether (sulfide) groups is 1. The Bertz CT molecular complexity index is 749. The number of carbonyl (C=O) groups is 1. The molecule has 0 bridgehead atoms. The summed E-state index contributed by atoms with van der Waals surface area (Å²) in [7, 11) is 0. The zero-order valence-electron chi connectivity index (χ0n) is 12.2. The largest absolute Gasteiger partial charge is 0.302 e. The van der Waals surface area contributed by atoms with Crippen molar-refractivity contribution in [3.05, 3.63) is 69.2 Å². The lowest BCUT2D eigenvalue weighted by Crippen LogP contribution is -2.57. The lowest BCUT2D eigenvalue weighted by Gasteiger charge is -2.46. The maximum Gasteiger partial charge on any atom is 0.269 e. The second-order valence-electron chi connectivity index (χ2n) is 5.13. The molecule has 1 fully saturated rings. The molecule has 1 heterocycles. The average Bonchev–Trinajstić information content (AvgIpc) is 2.55. The van der Waals surface area contributed by atoms with Crippen LogP contribution in [0.2, 0.25) is 5.02 Å². The number of halogens is 1. The monoisotopic (exact) mass is 348 g/mol. The van der Waals surface area contributed by atoms with Crippen LogP contribution in [0.3, 0.4) is 0 Å². The molecule has 0 unspecified atom stereocenters. The van der Waals surface area contributed by atoms with Crippen molar-refractivity contribution in [1.82, 2.24) is 0 Å². The Hall–Kier alpha value is -2.05. The number of anilines is 1. The quantitative estimate of drug-likeness (QED) is 0.474. The van der Waals surface area contributed by atoms with Crippen molar-refractivity contribution < 1.29 is 9.72 Å². The number of carbonyl (C=O) groups excluding carboxylic acids is 1. The van der Waals surface area contributed by atoms with E-state index in [0.717, 1.165) is 11.3 Å². The fraction of sp³-hybridized carbons (Fsp3) is 0.188. The fourth-order valence-corrected chi connectivity index (χ4v) is 3.68. The summed E-state index contributed by atoms with van der Waals surface area (Å²) >= 11 is 7.38. The minimum absolute atomic E-state index is 0.0307. The van der Waals surface area contributed by atoms with E-state index in [0.29, 0.717) is 5.02 Å². The van der Waals surface area contributed by atoms with E-state index >= 15 is 0 Å². The SMILES string of the molecule is CS[C@@H]1C(=O)N(c2ccc(Cl)cc2)[C@@H]1c1ccc([N+](=O)[O-])cc1. The summed E-state index contributed by atoms with van der Waals surface area (Å²) in [6, 6.07) is 13.3. The summed E-state index contributed by atoms with van der Waals surface area (Å²) in [6.07, 6.45) is 1.89. The van der Waals surface area contributed by atoms with E-state index in [1.165, 1.54) is 23.9 Å². The van der Waals surface area contributed by atoms with Gasteiger partial charge in [0.2, 0.25) is 5.91 Å². The summed E-state index contributed by atoms with van der Waals surface area (Å²) in [4.78, 5) is 24.5. The van der Waals surface area contributed by atoms with Crippen LogP contribution in [-0.4, -0.2) is 22.3 Å². The van der Waals surface area contributed by atoms with Crippen molar-refractivity contribution in [3.8, 4) is 0 Å². The van der Waals surface area contributed by atoms with Gasteiger partial charge in [-0.3, -0.25) is 14.9 Å². The summed E-state index contributed by atoms with van der Waals surface area (Å²) in [5.41, 5.74) is 1.69. The van der Waals surface area contributed by atoms with Crippen molar-refractivity contribution in [2.24, 2.45) is 0 Å². The number of benzene rings is 2. The third-order valence-electron chi connectivity index (χ3n) is 3.85. The van der Waals surface area contributed by atoms with Crippen LogP contribution in [-0.2, 0) is 4.79 Å². The van der Waals surface area contributed by atoms with E-state index in [9.17, 15) is 14.9 Å². The molecule has 2 aromatic rings. The molecule has 2 aromatic carbocycles. The number of hydrogen-bond acceptors (Lipinski definition) is 4. The third kappa shape index (κ3) is 2.80. The van der Waals surface area contributed by atoms with Crippen LogP contribution in [0, 0.1) is 10.1 Å². The van der Waals surface area contributed by atoms with Gasteiger partial charge in [-0.05, 0) is 36.1 Å². The van der Waals surface area contributed by atoms with Gasteiger partial charge in [-0.15, -0.1) is 11.8 Å². The van der Waals surface area contributed by atoms with Gasteiger partial charge in [-0.1, -0.05) is 23.7 Å². The van der Waals surface area contributed by atoms with Crippen molar-refractivity contribution in [1.29, 1.82) is 0 Å². The molecule has 1 aliphatic rings. The summed E-state index contributed by atoms with van der Waals surface area (Å²) in [6.45, 7) is 0. The normalized spacial score (nSPS) is 20.3. The standard InChI is InChI=1S/C16H13ClN2O3S/c1-23-15-14(10-2-6-13(7-3-10)19(21)22)18(16(15)20)12-8-4-11(17)5-9-12/h2-9,14-15H,1H3/t14-,15+/m1/s1. The number of nitrogens with zero attached hydrogens (tertiary/aromatic N) is 2. The molecule has 5 nitrogen and oxygen atoms in total. The molecule has 2 atom stereocenters. The lowest BCUT2D eigenvalue weighted by atomic mass is 9.92. The second-order valence-corrected chi connectivity index (χ2v) is 6.55. The summed E-state index contributed by atoms with van der Waals surface area (Å²) in [5.74, 6) is 0.0307. The molecular formula is C16H13ClN2O3S. The van der Waals surface area contributed by atoms with E-state index in [2.05, 4.69) is 0 Å². The Balaban J connectivity index is 1.94. The van der Waals surface area contributed by atoms with E-state index in [1.54, 1.807) is 41.3 Å². The second kappa shape index (κ2) is 6.22. The number of β-lactam (4-membered cyclic amide) rings is 1. The summed E-state index contributed by atoms with van der Waals surface area (Å²) < 4.78 is 0. The minimum Gasteiger partial charge on any atom is -0.302 e. The van der Waals surface area contributed by atoms with Gasteiger partial charge in [0.1, 0.15) is 5.25 Å². The predicted molar refractivity (Wildman–Crippen MR) is 92.1 cm³/mol.